The summed E-state index contributed by atoms with van der Waals surface area (Å²) in [6, 6.07) is 8.00. The smallest absolute Gasteiger partial charge is 0.380 e. The predicted molar refractivity (Wildman–Crippen MR) is 141 cm³/mol. The second kappa shape index (κ2) is 12.3. The van der Waals surface area contributed by atoms with Crippen LogP contribution in [-0.2, 0) is 23.4 Å². The molecule has 0 bridgehead atoms. The number of halogens is 1. The van der Waals surface area contributed by atoms with Crippen molar-refractivity contribution in [1.29, 1.82) is 0 Å². The predicted octanol–water partition coefficient (Wildman–Crippen LogP) is 5.33. The molecule has 198 valence electrons. The number of carbonyl (C=O) groups is 1. The second-order valence-electron chi connectivity index (χ2n) is 8.65. The molecule has 13 heteroatoms. The van der Waals surface area contributed by atoms with Crippen LogP contribution in [0.2, 0.25) is 0 Å². The maximum absolute atomic E-state index is 13.9. The largest absolute Gasteiger partial charge is 0.463 e. The monoisotopic (exact) mass is 578 g/mol. The number of alkyl halides is 1. The number of hydrogen-bond donors (Lipinski definition) is 2. The molecule has 1 saturated heterocycles. The Morgan fingerprint density at radius 3 is 2.64 bits per heavy atom. The molecule has 1 aromatic heterocycles. The zero-order valence-corrected chi connectivity index (χ0v) is 23.4. The number of aliphatic hydroxyl groups is 1. The zero-order valence-electron chi connectivity index (χ0n) is 22.1. The van der Waals surface area contributed by atoms with Crippen LogP contribution < -0.4 is 4.52 Å². The van der Waals surface area contributed by atoms with Gasteiger partial charge in [-0.3, -0.25) is 13.9 Å². The third kappa shape index (κ3) is 7.25. The number of carbonyl (C=O) groups excluding carboxylic acids is 1. The lowest BCUT2D eigenvalue weighted by atomic mass is 10.2. The molecular weight excluding hydrogens is 547 g/mol. The molecule has 1 fully saturated rings. The molecule has 2 aromatic rings. The number of H-pyrrole nitrogens is 1. The molecule has 0 radical (unpaired) electrons. The van der Waals surface area contributed by atoms with Crippen LogP contribution in [0.5, 0.6) is 5.75 Å². The lowest BCUT2D eigenvalue weighted by Gasteiger charge is -2.24. The average Bonchev–Trinajstić information content (AvgIpc) is 3.11. The molecule has 2 heterocycles. The number of aliphatic hydroxyl groups excluding tert-OH is 1. The molecule has 2 N–H and O–H groups in total. The van der Waals surface area contributed by atoms with Crippen molar-refractivity contribution < 1.29 is 35.7 Å². The summed E-state index contributed by atoms with van der Waals surface area (Å²) in [7, 11) is -4.39. The molecule has 0 spiro atoms. The van der Waals surface area contributed by atoms with E-state index in [1.165, 1.54) is 23.6 Å². The van der Waals surface area contributed by atoms with Gasteiger partial charge in [0.15, 0.2) is 11.0 Å². The summed E-state index contributed by atoms with van der Waals surface area (Å²) in [6.45, 7) is 3.68. The van der Waals surface area contributed by atoms with Crippen LogP contribution in [0.4, 0.5) is 0 Å². The van der Waals surface area contributed by atoms with Crippen molar-refractivity contribution in [2.45, 2.75) is 57.6 Å². The summed E-state index contributed by atoms with van der Waals surface area (Å²) in [5, 5.41) is 9.69. The van der Waals surface area contributed by atoms with Gasteiger partial charge < -0.3 is 24.1 Å². The van der Waals surface area contributed by atoms with Crippen molar-refractivity contribution in [1.82, 2.24) is 9.55 Å². The number of nitrogens with one attached hydrogen (secondary N) is 1. The highest BCUT2D eigenvalue weighted by Gasteiger charge is 2.45. The first-order valence-electron chi connectivity index (χ1n) is 12.2. The Kier molecular flexibility index (Phi) is 8.90. The Bertz CT molecular complexity index is 1310. The zero-order chi connectivity index (χ0) is 28.4. The molecule has 36 heavy (non-hydrogen) atoms. The first-order chi connectivity index (χ1) is 17.6. The van der Waals surface area contributed by atoms with Gasteiger partial charge in [-0.2, -0.15) is 0 Å². The molecule has 1 aromatic carbocycles. The maximum atomic E-state index is 13.9. The first kappa shape index (κ1) is 26.0. The van der Waals surface area contributed by atoms with E-state index in [2.05, 4.69) is 4.98 Å². The minimum Gasteiger partial charge on any atom is -0.463 e. The van der Waals surface area contributed by atoms with Crippen LogP contribution in [0.1, 0.15) is 35.3 Å². The molecule has 1 aliphatic rings. The highest BCUT2D eigenvalue weighted by atomic mass is 35.5. The molecule has 0 aliphatic carbocycles. The number of hydrogen-bond acceptors (Lipinski definition) is 9. The highest BCUT2D eigenvalue weighted by molar-refractivity contribution is 7.72. The van der Waals surface area contributed by atoms with Gasteiger partial charge in [0.25, 0.3) is 0 Å². The minimum absolute atomic E-state index is 0.137. The number of aromatic amines is 1. The van der Waals surface area contributed by atoms with Crippen molar-refractivity contribution in [3.63, 3.8) is 0 Å². The van der Waals surface area contributed by atoms with E-state index in [4.69, 9.17) is 57.3 Å². The Morgan fingerprint density at radius 1 is 1.33 bits per heavy atom. The van der Waals surface area contributed by atoms with Crippen molar-refractivity contribution in [2.75, 3.05) is 12.7 Å². The quantitative estimate of drug-likeness (QED) is 0.167. The lowest BCUT2D eigenvalue weighted by molar-refractivity contribution is -0.151. The van der Waals surface area contributed by atoms with Gasteiger partial charge in [0.2, 0.25) is 0 Å². The van der Waals surface area contributed by atoms with E-state index in [1.807, 2.05) is 0 Å². The van der Waals surface area contributed by atoms with Crippen molar-refractivity contribution in [2.24, 2.45) is 5.92 Å². The average molecular weight is 579 g/mol. The standard InChI is InChI=1S/C23H30ClN2O7PS2/c1-13(2)31-22(28)15(4)12-34(29,33-16-8-6-5-7-9-16)30-11-17-19(27)18(24)21(32-17)26-10-14(3)20(35)25-23(26)36/h5-10,13,15,17-19,21,27H,11-12H2,1-4H3,(H,25,35,36)/t15-,17+,18-,19?,21+,34-/m1/s1/i11D2. The Morgan fingerprint density at radius 2 is 2.00 bits per heavy atom. The molecule has 6 atom stereocenters. The van der Waals surface area contributed by atoms with E-state index in [-0.39, 0.29) is 10.5 Å². The van der Waals surface area contributed by atoms with Gasteiger partial charge in [-0.1, -0.05) is 37.3 Å². The summed E-state index contributed by atoms with van der Waals surface area (Å²) >= 11 is 16.9. The van der Waals surface area contributed by atoms with Gasteiger partial charge in [-0.25, -0.2) is 4.57 Å². The summed E-state index contributed by atoms with van der Waals surface area (Å²) < 4.78 is 55.2. The van der Waals surface area contributed by atoms with Gasteiger partial charge in [-0.15, -0.1) is 11.6 Å². The summed E-state index contributed by atoms with van der Waals surface area (Å²) in [5.41, 5.74) is 0.654. The van der Waals surface area contributed by atoms with Crippen molar-refractivity contribution in [3.8, 4) is 5.75 Å². The van der Waals surface area contributed by atoms with Crippen LogP contribution in [-0.4, -0.2) is 57.0 Å². The number of esters is 1. The number of nitrogens with zero attached hydrogens (tertiary/aromatic N) is 1. The summed E-state index contributed by atoms with van der Waals surface area (Å²) in [4.78, 5) is 15.3. The molecule has 9 nitrogen and oxygen atoms in total. The second-order valence-corrected chi connectivity index (χ2v) is 11.9. The van der Waals surface area contributed by atoms with Crippen LogP contribution in [0.25, 0.3) is 0 Å². The molecule has 3 rings (SSSR count). The van der Waals surface area contributed by atoms with Gasteiger partial charge in [0, 0.05) is 11.8 Å². The Hall–Kier alpha value is -1.59. The minimum atomic E-state index is -4.39. The topological polar surface area (TPSA) is 112 Å². The van der Waals surface area contributed by atoms with Crippen LogP contribution in [0.15, 0.2) is 36.5 Å². The van der Waals surface area contributed by atoms with E-state index >= 15 is 0 Å². The number of benzene rings is 1. The third-order valence-corrected chi connectivity index (χ3v) is 8.24. The van der Waals surface area contributed by atoms with Gasteiger partial charge >= 0.3 is 13.6 Å². The number of aryl methyl sites for hydroxylation is 1. The maximum Gasteiger partial charge on any atom is 0.380 e. The van der Waals surface area contributed by atoms with Crippen LogP contribution >= 0.6 is 43.6 Å². The molecule has 0 saturated carbocycles. The summed E-state index contributed by atoms with van der Waals surface area (Å²) in [6.07, 6.45) is -3.70. The number of ether oxygens (including phenoxy) is 2. The van der Waals surface area contributed by atoms with Gasteiger partial charge in [0.1, 0.15) is 28.0 Å². The molecule has 0 amide bonds. The normalized spacial score (nSPS) is 25.5. The molecule has 1 unspecified atom stereocenters. The Labute approximate surface area is 228 Å². The summed E-state index contributed by atoms with van der Waals surface area (Å²) in [5.74, 6) is -1.47. The third-order valence-electron chi connectivity index (χ3n) is 5.16. The van der Waals surface area contributed by atoms with E-state index in [9.17, 15) is 14.5 Å². The molecule has 1 aliphatic heterocycles. The fourth-order valence-electron chi connectivity index (χ4n) is 3.36. The number of rotatable bonds is 10. The number of para-hydroxylation sites is 1. The van der Waals surface area contributed by atoms with Crippen molar-refractivity contribution in [3.05, 3.63) is 51.5 Å². The van der Waals surface area contributed by atoms with E-state index in [0.29, 0.717) is 10.2 Å². The van der Waals surface area contributed by atoms with E-state index in [1.54, 1.807) is 45.2 Å². The van der Waals surface area contributed by atoms with Gasteiger partial charge in [-0.05, 0) is 45.1 Å². The lowest BCUT2D eigenvalue weighted by Crippen LogP contribution is -2.31. The highest BCUT2D eigenvalue weighted by Crippen LogP contribution is 2.51. The fraction of sp³-hybridized carbons (Fsp3) is 0.522. The molecular formula is C23H30ClN2O7PS2. The number of aromatic nitrogens is 2. The van der Waals surface area contributed by atoms with E-state index < -0.39 is 62.1 Å². The Balaban J connectivity index is 1.90. The van der Waals surface area contributed by atoms with Crippen LogP contribution in [0, 0.1) is 22.3 Å². The SMILES string of the molecule is [2H]C([2H])(O[P@](=O)(C[C@@H](C)C(=O)OC(C)C)Oc1ccccc1)[C@@H]1O[C@H](n2cc(C)c(=S)[nH]c2=S)[C@H](Cl)C1O. The fourth-order valence-corrected chi connectivity index (χ4v) is 5.86. The van der Waals surface area contributed by atoms with Gasteiger partial charge in [0.05, 0.1) is 27.5 Å². The van der Waals surface area contributed by atoms with Crippen molar-refractivity contribution >= 4 is 49.6 Å². The van der Waals surface area contributed by atoms with E-state index in [0.717, 1.165) is 0 Å². The first-order valence-corrected chi connectivity index (χ1v) is 14.2. The van der Waals surface area contributed by atoms with Crippen LogP contribution in [0.3, 0.4) is 0 Å².